The quantitative estimate of drug-likeness (QED) is 0.716. The first-order valence-electron chi connectivity index (χ1n) is 6.86. The van der Waals surface area contributed by atoms with E-state index >= 15 is 0 Å². The molecule has 1 unspecified atom stereocenters. The van der Waals surface area contributed by atoms with Gasteiger partial charge in [0.25, 0.3) is 0 Å². The lowest BCUT2D eigenvalue weighted by Crippen LogP contribution is -2.35. The maximum atomic E-state index is 12.2. The van der Waals surface area contributed by atoms with Crippen molar-refractivity contribution >= 4 is 5.78 Å². The number of rotatable bonds is 5. The molecule has 92 valence electrons. The fraction of sp³-hybridized carbons (Fsp3) is 0.929. The highest BCUT2D eigenvalue weighted by Gasteiger charge is 2.31. The number of hydrogen-bond acceptors (Lipinski definition) is 2. The van der Waals surface area contributed by atoms with Gasteiger partial charge in [-0.25, -0.2) is 0 Å². The molecule has 0 radical (unpaired) electrons. The van der Waals surface area contributed by atoms with Crippen LogP contribution in [0, 0.1) is 11.8 Å². The van der Waals surface area contributed by atoms with E-state index < -0.39 is 0 Å². The van der Waals surface area contributed by atoms with Crippen LogP contribution in [0.15, 0.2) is 0 Å². The van der Waals surface area contributed by atoms with Crippen molar-refractivity contribution in [1.82, 2.24) is 0 Å². The van der Waals surface area contributed by atoms with Gasteiger partial charge >= 0.3 is 0 Å². The van der Waals surface area contributed by atoms with Crippen molar-refractivity contribution in [3.63, 3.8) is 0 Å². The van der Waals surface area contributed by atoms with Crippen LogP contribution in [0.1, 0.15) is 57.8 Å². The number of methoxy groups -OCH3 is 1. The molecular formula is C14H24O2. The highest BCUT2D eigenvalue weighted by atomic mass is 16.5. The van der Waals surface area contributed by atoms with Crippen molar-refractivity contribution in [2.45, 2.75) is 63.9 Å². The molecule has 2 rings (SSSR count). The lowest BCUT2D eigenvalue weighted by molar-refractivity contribution is -0.134. The Bertz CT molecular complexity index is 227. The molecule has 2 aliphatic rings. The van der Waals surface area contributed by atoms with Crippen molar-refractivity contribution in [3.8, 4) is 0 Å². The van der Waals surface area contributed by atoms with Gasteiger partial charge in [0.15, 0.2) is 5.78 Å². The van der Waals surface area contributed by atoms with Crippen molar-refractivity contribution < 1.29 is 9.53 Å². The second kappa shape index (κ2) is 5.81. The molecule has 2 nitrogen and oxygen atoms in total. The van der Waals surface area contributed by atoms with Gasteiger partial charge < -0.3 is 4.74 Å². The number of ether oxygens (including phenoxy) is 1. The van der Waals surface area contributed by atoms with Crippen molar-refractivity contribution in [2.24, 2.45) is 11.8 Å². The Morgan fingerprint density at radius 2 is 1.81 bits per heavy atom. The third-order valence-corrected chi connectivity index (χ3v) is 4.36. The molecule has 0 aromatic carbocycles. The number of carbonyl (C=O) groups excluding carboxylic acids is 1. The van der Waals surface area contributed by atoms with Gasteiger partial charge in [0.2, 0.25) is 0 Å². The SMILES string of the molecule is COC(C(=O)CC1CCC1)C1CCCCC1. The smallest absolute Gasteiger partial charge is 0.162 e. The molecule has 2 saturated carbocycles. The molecular weight excluding hydrogens is 200 g/mol. The molecule has 0 N–H and O–H groups in total. The van der Waals surface area contributed by atoms with Gasteiger partial charge in [0, 0.05) is 13.5 Å². The Labute approximate surface area is 98.7 Å². The Morgan fingerprint density at radius 3 is 2.31 bits per heavy atom. The van der Waals surface area contributed by atoms with Gasteiger partial charge in [-0.1, -0.05) is 38.5 Å². The van der Waals surface area contributed by atoms with Crippen LogP contribution in [-0.4, -0.2) is 19.0 Å². The maximum Gasteiger partial charge on any atom is 0.162 e. The largest absolute Gasteiger partial charge is 0.373 e. The molecule has 0 aromatic heterocycles. The molecule has 0 aromatic rings. The normalized spacial score (nSPS) is 25.1. The maximum absolute atomic E-state index is 12.2. The van der Waals surface area contributed by atoms with E-state index in [9.17, 15) is 4.79 Å². The summed E-state index contributed by atoms with van der Waals surface area (Å²) in [7, 11) is 1.71. The minimum absolute atomic E-state index is 0.0964. The van der Waals surface area contributed by atoms with E-state index in [-0.39, 0.29) is 6.10 Å². The summed E-state index contributed by atoms with van der Waals surface area (Å²) < 4.78 is 5.47. The van der Waals surface area contributed by atoms with E-state index in [0.29, 0.717) is 17.6 Å². The van der Waals surface area contributed by atoms with Crippen LogP contribution in [0.2, 0.25) is 0 Å². The van der Waals surface area contributed by atoms with Gasteiger partial charge in [0.1, 0.15) is 6.10 Å². The van der Waals surface area contributed by atoms with Crippen LogP contribution in [0.4, 0.5) is 0 Å². The predicted molar refractivity (Wildman–Crippen MR) is 64.3 cm³/mol. The Morgan fingerprint density at radius 1 is 1.12 bits per heavy atom. The minimum atomic E-state index is -0.0964. The third kappa shape index (κ3) is 2.85. The standard InChI is InChI=1S/C14H24O2/c1-16-14(12-8-3-2-4-9-12)13(15)10-11-6-5-7-11/h11-12,14H,2-10H2,1H3. The molecule has 0 spiro atoms. The summed E-state index contributed by atoms with van der Waals surface area (Å²) in [5.74, 6) is 1.55. The zero-order valence-corrected chi connectivity index (χ0v) is 10.4. The number of hydrogen-bond donors (Lipinski definition) is 0. The molecule has 2 fully saturated rings. The summed E-state index contributed by atoms with van der Waals surface area (Å²) in [6.07, 6.45) is 10.8. The summed E-state index contributed by atoms with van der Waals surface area (Å²) in [4.78, 5) is 12.2. The fourth-order valence-electron chi connectivity index (χ4n) is 3.12. The number of carbonyl (C=O) groups is 1. The molecule has 0 bridgehead atoms. The van der Waals surface area contributed by atoms with Gasteiger partial charge in [-0.2, -0.15) is 0 Å². The summed E-state index contributed by atoms with van der Waals surface area (Å²) in [6, 6.07) is 0. The lowest BCUT2D eigenvalue weighted by Gasteiger charge is -2.31. The van der Waals surface area contributed by atoms with Crippen LogP contribution in [0.3, 0.4) is 0 Å². The Hall–Kier alpha value is -0.370. The molecule has 0 heterocycles. The zero-order chi connectivity index (χ0) is 11.4. The van der Waals surface area contributed by atoms with Crippen LogP contribution in [0.5, 0.6) is 0 Å². The summed E-state index contributed by atoms with van der Waals surface area (Å²) >= 11 is 0. The molecule has 1 atom stereocenters. The van der Waals surface area contributed by atoms with Gasteiger partial charge in [0.05, 0.1) is 0 Å². The zero-order valence-electron chi connectivity index (χ0n) is 10.4. The lowest BCUT2D eigenvalue weighted by atomic mass is 9.77. The molecule has 0 aliphatic heterocycles. The average Bonchev–Trinajstić information content (AvgIpc) is 2.26. The second-order valence-electron chi connectivity index (χ2n) is 5.52. The Balaban J connectivity index is 1.83. The summed E-state index contributed by atoms with van der Waals surface area (Å²) in [6.45, 7) is 0. The van der Waals surface area contributed by atoms with Gasteiger partial charge in [-0.3, -0.25) is 4.79 Å². The minimum Gasteiger partial charge on any atom is -0.373 e. The third-order valence-electron chi connectivity index (χ3n) is 4.36. The highest BCUT2D eigenvalue weighted by Crippen LogP contribution is 2.33. The molecule has 0 saturated heterocycles. The monoisotopic (exact) mass is 224 g/mol. The first-order valence-corrected chi connectivity index (χ1v) is 6.86. The second-order valence-corrected chi connectivity index (χ2v) is 5.52. The van der Waals surface area contributed by atoms with E-state index in [1.54, 1.807) is 7.11 Å². The van der Waals surface area contributed by atoms with Crippen LogP contribution in [-0.2, 0) is 9.53 Å². The predicted octanol–water partition coefficient (Wildman–Crippen LogP) is 3.34. The molecule has 2 aliphatic carbocycles. The average molecular weight is 224 g/mol. The summed E-state index contributed by atoms with van der Waals surface area (Å²) in [5, 5.41) is 0. The van der Waals surface area contributed by atoms with E-state index in [1.807, 2.05) is 0 Å². The van der Waals surface area contributed by atoms with Crippen molar-refractivity contribution in [2.75, 3.05) is 7.11 Å². The number of ketones is 1. The van der Waals surface area contributed by atoms with Crippen molar-refractivity contribution in [1.29, 1.82) is 0 Å². The van der Waals surface area contributed by atoms with E-state index in [4.69, 9.17) is 4.74 Å². The highest BCUT2D eigenvalue weighted by molar-refractivity contribution is 5.83. The first-order chi connectivity index (χ1) is 7.81. The van der Waals surface area contributed by atoms with E-state index in [2.05, 4.69) is 0 Å². The summed E-state index contributed by atoms with van der Waals surface area (Å²) in [5.41, 5.74) is 0. The first kappa shape index (κ1) is 12.1. The number of Topliss-reactive ketones (excluding diaryl/α,β-unsaturated/α-hetero) is 1. The molecule has 16 heavy (non-hydrogen) atoms. The van der Waals surface area contributed by atoms with Crippen LogP contribution >= 0.6 is 0 Å². The molecule has 0 amide bonds. The van der Waals surface area contributed by atoms with Crippen LogP contribution in [0.25, 0.3) is 0 Å². The van der Waals surface area contributed by atoms with E-state index in [0.717, 1.165) is 6.42 Å². The molecule has 2 heteroatoms. The van der Waals surface area contributed by atoms with E-state index in [1.165, 1.54) is 51.4 Å². The topological polar surface area (TPSA) is 26.3 Å². The van der Waals surface area contributed by atoms with Crippen LogP contribution < -0.4 is 0 Å². The van der Waals surface area contributed by atoms with Gasteiger partial charge in [-0.05, 0) is 24.7 Å². The van der Waals surface area contributed by atoms with Gasteiger partial charge in [-0.15, -0.1) is 0 Å². The van der Waals surface area contributed by atoms with Crippen molar-refractivity contribution in [3.05, 3.63) is 0 Å². The Kier molecular flexibility index (Phi) is 4.39. The fourth-order valence-corrected chi connectivity index (χ4v) is 3.12.